The van der Waals surface area contributed by atoms with E-state index in [9.17, 15) is 4.79 Å². The number of carbonyl (C=O) groups is 1. The Bertz CT molecular complexity index is 489. The maximum absolute atomic E-state index is 11.9. The van der Waals surface area contributed by atoms with Gasteiger partial charge in [0, 0.05) is 5.56 Å². The largest absolute Gasteiger partial charge is 0.489 e. The van der Waals surface area contributed by atoms with Gasteiger partial charge in [-0.3, -0.25) is 4.79 Å². The van der Waals surface area contributed by atoms with Crippen LogP contribution in [0.2, 0.25) is 0 Å². The maximum atomic E-state index is 11.9. The van der Waals surface area contributed by atoms with Crippen LogP contribution >= 0.6 is 0 Å². The summed E-state index contributed by atoms with van der Waals surface area (Å²) in [6, 6.07) is 3.87. The van der Waals surface area contributed by atoms with Crippen LogP contribution in [-0.4, -0.2) is 12.5 Å². The maximum Gasteiger partial charge on any atom is 0.234 e. The summed E-state index contributed by atoms with van der Waals surface area (Å²) in [5.41, 5.74) is 2.36. The first-order valence-corrected chi connectivity index (χ1v) is 5.67. The summed E-state index contributed by atoms with van der Waals surface area (Å²) in [4.78, 5) is 11.9. The Hall–Kier alpha value is -1.77. The molecule has 1 aromatic rings. The molecule has 1 aromatic carbocycles. The van der Waals surface area contributed by atoms with E-state index >= 15 is 0 Å². The highest BCUT2D eigenvalue weighted by molar-refractivity contribution is 6.07. The fourth-order valence-electron chi connectivity index (χ4n) is 2.12. The van der Waals surface area contributed by atoms with Crippen molar-refractivity contribution in [1.82, 2.24) is 0 Å². The minimum Gasteiger partial charge on any atom is -0.489 e. The Morgan fingerprint density at radius 1 is 1.47 bits per heavy atom. The standard InChI is InChI=1S/C14H17NO2/c1-5-8-17-10-7-6-9(2)12-11(10)14(3,4)13(16)15-12/h5-7H,1,8H2,2-4H3,(H,15,16). The van der Waals surface area contributed by atoms with E-state index in [1.165, 1.54) is 0 Å². The van der Waals surface area contributed by atoms with Gasteiger partial charge in [0.2, 0.25) is 5.91 Å². The smallest absolute Gasteiger partial charge is 0.234 e. The molecule has 0 atom stereocenters. The van der Waals surface area contributed by atoms with Gasteiger partial charge in [-0.1, -0.05) is 18.7 Å². The van der Waals surface area contributed by atoms with Crippen LogP contribution in [0.15, 0.2) is 24.8 Å². The molecule has 0 bridgehead atoms. The van der Waals surface area contributed by atoms with Crippen molar-refractivity contribution in [3.63, 3.8) is 0 Å². The Morgan fingerprint density at radius 3 is 2.82 bits per heavy atom. The lowest BCUT2D eigenvalue weighted by atomic mass is 9.85. The topological polar surface area (TPSA) is 38.3 Å². The number of fused-ring (bicyclic) bond motifs is 1. The molecule has 3 heteroatoms. The molecule has 3 nitrogen and oxygen atoms in total. The monoisotopic (exact) mass is 231 g/mol. The summed E-state index contributed by atoms with van der Waals surface area (Å²) in [6.45, 7) is 9.88. The first kappa shape index (κ1) is 11.7. The number of hydrogen-bond donors (Lipinski definition) is 1. The van der Waals surface area contributed by atoms with Crippen LogP contribution in [0.5, 0.6) is 5.75 Å². The third-order valence-corrected chi connectivity index (χ3v) is 3.16. The Morgan fingerprint density at radius 2 is 2.18 bits per heavy atom. The fraction of sp³-hybridized carbons (Fsp3) is 0.357. The van der Waals surface area contributed by atoms with Crippen molar-refractivity contribution in [2.24, 2.45) is 0 Å². The molecule has 0 spiro atoms. The van der Waals surface area contributed by atoms with E-state index in [2.05, 4.69) is 11.9 Å². The van der Waals surface area contributed by atoms with Gasteiger partial charge in [0.25, 0.3) is 0 Å². The number of hydrogen-bond acceptors (Lipinski definition) is 2. The molecule has 1 N–H and O–H groups in total. The van der Waals surface area contributed by atoms with Crippen molar-refractivity contribution in [1.29, 1.82) is 0 Å². The molecule has 0 aromatic heterocycles. The summed E-state index contributed by atoms with van der Waals surface area (Å²) in [5, 5.41) is 2.93. The summed E-state index contributed by atoms with van der Waals surface area (Å²) < 4.78 is 5.63. The van der Waals surface area contributed by atoms with Crippen LogP contribution in [0.25, 0.3) is 0 Å². The molecule has 90 valence electrons. The zero-order chi connectivity index (χ0) is 12.6. The second-order valence-electron chi connectivity index (χ2n) is 4.81. The second-order valence-corrected chi connectivity index (χ2v) is 4.81. The minimum atomic E-state index is -0.544. The van der Waals surface area contributed by atoms with Gasteiger partial charge in [-0.15, -0.1) is 0 Å². The van der Waals surface area contributed by atoms with Crippen LogP contribution in [0.4, 0.5) is 5.69 Å². The molecule has 2 rings (SSSR count). The van der Waals surface area contributed by atoms with Gasteiger partial charge in [-0.25, -0.2) is 0 Å². The van der Waals surface area contributed by atoms with E-state index in [1.807, 2.05) is 32.9 Å². The summed E-state index contributed by atoms with van der Waals surface area (Å²) in [6.07, 6.45) is 1.70. The third-order valence-electron chi connectivity index (χ3n) is 3.16. The minimum absolute atomic E-state index is 0.0188. The van der Waals surface area contributed by atoms with Crippen molar-refractivity contribution in [3.05, 3.63) is 35.9 Å². The summed E-state index contributed by atoms with van der Waals surface area (Å²) in [7, 11) is 0. The summed E-state index contributed by atoms with van der Waals surface area (Å²) >= 11 is 0. The van der Waals surface area contributed by atoms with Crippen LogP contribution in [0.1, 0.15) is 25.0 Å². The van der Waals surface area contributed by atoms with E-state index in [0.717, 1.165) is 22.6 Å². The predicted octanol–water partition coefficient (Wildman–Crippen LogP) is 2.79. The number of amides is 1. The zero-order valence-corrected chi connectivity index (χ0v) is 10.5. The molecule has 17 heavy (non-hydrogen) atoms. The number of aryl methyl sites for hydroxylation is 1. The molecule has 1 amide bonds. The fourth-order valence-corrected chi connectivity index (χ4v) is 2.12. The molecular weight excluding hydrogens is 214 g/mol. The quantitative estimate of drug-likeness (QED) is 0.812. The van der Waals surface area contributed by atoms with E-state index in [4.69, 9.17) is 4.74 Å². The molecule has 0 unspecified atom stereocenters. The number of nitrogens with one attached hydrogen (secondary N) is 1. The SMILES string of the molecule is C=CCOc1ccc(C)c2c1C(C)(C)C(=O)N2. The van der Waals surface area contributed by atoms with Crippen LogP contribution in [0, 0.1) is 6.92 Å². The second kappa shape index (κ2) is 3.91. The lowest BCUT2D eigenvalue weighted by Crippen LogP contribution is -2.27. The molecular formula is C14H17NO2. The van der Waals surface area contributed by atoms with Gasteiger partial charge < -0.3 is 10.1 Å². The highest BCUT2D eigenvalue weighted by Crippen LogP contribution is 2.44. The van der Waals surface area contributed by atoms with Gasteiger partial charge in [-0.2, -0.15) is 0 Å². The van der Waals surface area contributed by atoms with Crippen molar-refractivity contribution in [2.45, 2.75) is 26.2 Å². The van der Waals surface area contributed by atoms with Gasteiger partial charge in [0.05, 0.1) is 11.1 Å². The molecule has 1 aliphatic heterocycles. The first-order valence-electron chi connectivity index (χ1n) is 5.67. The number of rotatable bonds is 3. The average Bonchev–Trinajstić information content (AvgIpc) is 2.52. The average molecular weight is 231 g/mol. The van der Waals surface area contributed by atoms with Crippen LogP contribution < -0.4 is 10.1 Å². The van der Waals surface area contributed by atoms with E-state index in [1.54, 1.807) is 6.08 Å². The number of carbonyl (C=O) groups excluding carboxylic acids is 1. The lowest BCUT2D eigenvalue weighted by molar-refractivity contribution is -0.119. The zero-order valence-electron chi connectivity index (χ0n) is 10.5. The van der Waals surface area contributed by atoms with E-state index in [0.29, 0.717) is 6.61 Å². The van der Waals surface area contributed by atoms with Crippen LogP contribution in [0.3, 0.4) is 0 Å². The third kappa shape index (κ3) is 1.71. The number of benzene rings is 1. The van der Waals surface area contributed by atoms with Gasteiger partial charge >= 0.3 is 0 Å². The lowest BCUT2D eigenvalue weighted by Gasteiger charge is -2.19. The normalized spacial score (nSPS) is 16.3. The molecule has 0 aliphatic carbocycles. The molecule has 0 saturated heterocycles. The Balaban J connectivity index is 2.56. The van der Waals surface area contributed by atoms with E-state index < -0.39 is 5.41 Å². The van der Waals surface area contributed by atoms with E-state index in [-0.39, 0.29) is 5.91 Å². The molecule has 0 radical (unpaired) electrons. The number of anilines is 1. The van der Waals surface area contributed by atoms with Gasteiger partial charge in [0.15, 0.2) is 0 Å². The van der Waals surface area contributed by atoms with Gasteiger partial charge in [-0.05, 0) is 32.4 Å². The first-order chi connectivity index (χ1) is 7.98. The Labute approximate surface area is 101 Å². The van der Waals surface area contributed by atoms with Crippen molar-refractivity contribution in [2.75, 3.05) is 11.9 Å². The molecule has 0 fully saturated rings. The van der Waals surface area contributed by atoms with Crippen molar-refractivity contribution < 1.29 is 9.53 Å². The molecule has 1 aliphatic rings. The predicted molar refractivity (Wildman–Crippen MR) is 68.5 cm³/mol. The number of ether oxygens (including phenoxy) is 1. The van der Waals surface area contributed by atoms with Crippen molar-refractivity contribution >= 4 is 11.6 Å². The Kier molecular flexibility index (Phi) is 2.69. The highest BCUT2D eigenvalue weighted by Gasteiger charge is 2.41. The van der Waals surface area contributed by atoms with Crippen molar-refractivity contribution in [3.8, 4) is 5.75 Å². The van der Waals surface area contributed by atoms with Crippen LogP contribution in [-0.2, 0) is 10.2 Å². The van der Waals surface area contributed by atoms with Gasteiger partial charge in [0.1, 0.15) is 12.4 Å². The summed E-state index contributed by atoms with van der Waals surface area (Å²) in [5.74, 6) is 0.777. The molecule has 0 saturated carbocycles. The highest BCUT2D eigenvalue weighted by atomic mass is 16.5. The molecule has 1 heterocycles.